The molecule has 0 aliphatic carbocycles. The number of nitro groups is 1. The number of aryl methyl sites for hydroxylation is 1. The number of non-ortho nitro benzene ring substituents is 1. The molecule has 1 aromatic carbocycles. The monoisotopic (exact) mass is 238 g/mol. The molecule has 0 bridgehead atoms. The molecule has 0 atom stereocenters. The molecule has 0 heterocycles. The summed E-state index contributed by atoms with van der Waals surface area (Å²) < 4.78 is 5.38. The predicted molar refractivity (Wildman–Crippen MR) is 67.4 cm³/mol. The molecular weight excluding hydrogens is 220 g/mol. The Balaban J connectivity index is 2.57. The maximum absolute atomic E-state index is 10.6. The molecule has 1 N–H and O–H groups in total. The molecule has 5 nitrogen and oxygen atoms in total. The molecule has 1 rings (SSSR count). The molecule has 17 heavy (non-hydrogen) atoms. The number of hydrogen-bond acceptors (Lipinski definition) is 4. The summed E-state index contributed by atoms with van der Waals surface area (Å²) in [5.74, 6) is 0. The quantitative estimate of drug-likeness (QED) is 0.470. The number of hydrogen-bond donors (Lipinski definition) is 1. The van der Waals surface area contributed by atoms with Gasteiger partial charge < -0.3 is 10.1 Å². The Morgan fingerprint density at radius 1 is 1.47 bits per heavy atom. The second kappa shape index (κ2) is 6.20. The van der Waals surface area contributed by atoms with Crippen LogP contribution in [-0.4, -0.2) is 24.2 Å². The smallest absolute Gasteiger partial charge is 0.271 e. The molecule has 0 saturated heterocycles. The normalized spacial score (nSPS) is 10.6. The summed E-state index contributed by atoms with van der Waals surface area (Å²) >= 11 is 0. The van der Waals surface area contributed by atoms with Crippen LogP contribution in [0.3, 0.4) is 0 Å². The zero-order valence-electron chi connectivity index (χ0n) is 10.4. The highest BCUT2D eigenvalue weighted by Gasteiger charge is 2.07. The molecule has 0 fully saturated rings. The van der Waals surface area contributed by atoms with Crippen molar-refractivity contribution in [1.82, 2.24) is 0 Å². The van der Waals surface area contributed by atoms with Gasteiger partial charge in [-0.3, -0.25) is 10.1 Å². The van der Waals surface area contributed by atoms with E-state index in [1.165, 1.54) is 6.07 Å². The van der Waals surface area contributed by atoms with Crippen molar-refractivity contribution in [2.75, 3.05) is 18.5 Å². The second-order valence-electron chi connectivity index (χ2n) is 4.10. The third kappa shape index (κ3) is 4.40. The Bertz CT molecular complexity index is 391. The maximum Gasteiger partial charge on any atom is 0.271 e. The van der Waals surface area contributed by atoms with Gasteiger partial charge in [0.25, 0.3) is 5.69 Å². The van der Waals surface area contributed by atoms with E-state index in [1.807, 2.05) is 20.8 Å². The van der Waals surface area contributed by atoms with Crippen LogP contribution in [0, 0.1) is 17.0 Å². The Morgan fingerprint density at radius 3 is 2.76 bits per heavy atom. The van der Waals surface area contributed by atoms with Gasteiger partial charge in [0, 0.05) is 24.4 Å². The summed E-state index contributed by atoms with van der Waals surface area (Å²) in [4.78, 5) is 10.2. The van der Waals surface area contributed by atoms with Crippen LogP contribution >= 0.6 is 0 Å². The van der Waals surface area contributed by atoms with Crippen molar-refractivity contribution in [3.05, 3.63) is 33.9 Å². The van der Waals surface area contributed by atoms with E-state index < -0.39 is 4.92 Å². The molecule has 0 amide bonds. The first-order valence-corrected chi connectivity index (χ1v) is 5.61. The molecular formula is C12H18N2O3. The zero-order chi connectivity index (χ0) is 12.8. The van der Waals surface area contributed by atoms with Crippen LogP contribution in [0.1, 0.15) is 19.4 Å². The SMILES string of the molecule is Cc1ccc([N+](=O)[O-])cc1NCCOC(C)C. The van der Waals surface area contributed by atoms with Crippen LogP contribution < -0.4 is 5.32 Å². The van der Waals surface area contributed by atoms with E-state index in [-0.39, 0.29) is 11.8 Å². The first kappa shape index (κ1) is 13.4. The summed E-state index contributed by atoms with van der Waals surface area (Å²) in [6.07, 6.45) is 0.197. The minimum absolute atomic E-state index is 0.0999. The van der Waals surface area contributed by atoms with Crippen LogP contribution in [-0.2, 0) is 4.74 Å². The highest BCUT2D eigenvalue weighted by Crippen LogP contribution is 2.21. The molecule has 0 spiro atoms. The fourth-order valence-electron chi connectivity index (χ4n) is 1.39. The molecule has 0 saturated carbocycles. The minimum Gasteiger partial charge on any atom is -0.382 e. The Hall–Kier alpha value is -1.62. The summed E-state index contributed by atoms with van der Waals surface area (Å²) in [6, 6.07) is 4.79. The minimum atomic E-state index is -0.394. The molecule has 0 unspecified atom stereocenters. The zero-order valence-corrected chi connectivity index (χ0v) is 10.4. The van der Waals surface area contributed by atoms with Gasteiger partial charge in [-0.2, -0.15) is 0 Å². The summed E-state index contributed by atoms with van der Waals surface area (Å²) in [7, 11) is 0. The van der Waals surface area contributed by atoms with Gasteiger partial charge in [-0.1, -0.05) is 6.07 Å². The third-order valence-corrected chi connectivity index (χ3v) is 2.30. The third-order valence-electron chi connectivity index (χ3n) is 2.30. The van der Waals surface area contributed by atoms with Crippen molar-refractivity contribution in [1.29, 1.82) is 0 Å². The number of rotatable bonds is 6. The van der Waals surface area contributed by atoms with Crippen molar-refractivity contribution in [2.24, 2.45) is 0 Å². The molecule has 5 heteroatoms. The van der Waals surface area contributed by atoms with Crippen molar-refractivity contribution < 1.29 is 9.66 Å². The highest BCUT2D eigenvalue weighted by molar-refractivity contribution is 5.56. The molecule has 0 aromatic heterocycles. The number of nitrogens with one attached hydrogen (secondary N) is 1. The predicted octanol–water partition coefficient (Wildman–Crippen LogP) is 2.74. The van der Waals surface area contributed by atoms with E-state index in [0.717, 1.165) is 11.3 Å². The van der Waals surface area contributed by atoms with Gasteiger partial charge in [0.05, 0.1) is 17.6 Å². The van der Waals surface area contributed by atoms with E-state index >= 15 is 0 Å². The molecule has 0 aliphatic heterocycles. The van der Waals surface area contributed by atoms with Crippen molar-refractivity contribution in [3.63, 3.8) is 0 Å². The van der Waals surface area contributed by atoms with E-state index in [1.54, 1.807) is 12.1 Å². The van der Waals surface area contributed by atoms with Gasteiger partial charge in [0.15, 0.2) is 0 Å². The van der Waals surface area contributed by atoms with E-state index in [2.05, 4.69) is 5.32 Å². The van der Waals surface area contributed by atoms with Gasteiger partial charge in [-0.15, -0.1) is 0 Å². The summed E-state index contributed by atoms with van der Waals surface area (Å²) in [5, 5.41) is 13.8. The number of ether oxygens (including phenoxy) is 1. The van der Waals surface area contributed by atoms with Crippen LogP contribution in [0.2, 0.25) is 0 Å². The van der Waals surface area contributed by atoms with Crippen molar-refractivity contribution >= 4 is 11.4 Å². The number of benzene rings is 1. The number of nitrogens with zero attached hydrogens (tertiary/aromatic N) is 1. The van der Waals surface area contributed by atoms with Gasteiger partial charge in [0.1, 0.15) is 0 Å². The maximum atomic E-state index is 10.6. The Kier molecular flexibility index (Phi) is 4.90. The van der Waals surface area contributed by atoms with E-state index in [9.17, 15) is 10.1 Å². The number of anilines is 1. The fraction of sp³-hybridized carbons (Fsp3) is 0.500. The molecule has 0 radical (unpaired) electrons. The van der Waals surface area contributed by atoms with Crippen molar-refractivity contribution in [3.8, 4) is 0 Å². The second-order valence-corrected chi connectivity index (χ2v) is 4.10. The average molecular weight is 238 g/mol. The summed E-state index contributed by atoms with van der Waals surface area (Å²) in [5.41, 5.74) is 1.87. The van der Waals surface area contributed by atoms with Crippen LogP contribution in [0.4, 0.5) is 11.4 Å². The van der Waals surface area contributed by atoms with Crippen LogP contribution in [0.5, 0.6) is 0 Å². The fourth-order valence-corrected chi connectivity index (χ4v) is 1.39. The van der Waals surface area contributed by atoms with E-state index in [0.29, 0.717) is 13.2 Å². The lowest BCUT2D eigenvalue weighted by molar-refractivity contribution is -0.384. The standard InChI is InChI=1S/C12H18N2O3/c1-9(2)17-7-6-13-12-8-11(14(15)16)5-4-10(12)3/h4-5,8-9,13H,6-7H2,1-3H3. The number of nitro benzene ring substituents is 1. The van der Waals surface area contributed by atoms with Gasteiger partial charge in [-0.05, 0) is 26.3 Å². The molecule has 94 valence electrons. The molecule has 1 aromatic rings. The summed E-state index contributed by atoms with van der Waals surface area (Å²) in [6.45, 7) is 7.08. The van der Waals surface area contributed by atoms with Gasteiger partial charge in [-0.25, -0.2) is 0 Å². The molecule has 0 aliphatic rings. The first-order valence-electron chi connectivity index (χ1n) is 5.61. The van der Waals surface area contributed by atoms with Gasteiger partial charge in [0.2, 0.25) is 0 Å². The lowest BCUT2D eigenvalue weighted by atomic mass is 10.2. The highest BCUT2D eigenvalue weighted by atomic mass is 16.6. The van der Waals surface area contributed by atoms with E-state index in [4.69, 9.17) is 4.74 Å². The van der Waals surface area contributed by atoms with Crippen molar-refractivity contribution in [2.45, 2.75) is 26.9 Å². The van der Waals surface area contributed by atoms with Crippen LogP contribution in [0.15, 0.2) is 18.2 Å². The Morgan fingerprint density at radius 2 is 2.18 bits per heavy atom. The lowest BCUT2D eigenvalue weighted by Gasteiger charge is -2.11. The topological polar surface area (TPSA) is 64.4 Å². The largest absolute Gasteiger partial charge is 0.382 e. The lowest BCUT2D eigenvalue weighted by Crippen LogP contribution is -2.13. The van der Waals surface area contributed by atoms with Crippen LogP contribution in [0.25, 0.3) is 0 Å². The Labute approximate surface area is 101 Å². The van der Waals surface area contributed by atoms with Gasteiger partial charge >= 0.3 is 0 Å². The first-order chi connectivity index (χ1) is 8.00. The average Bonchev–Trinajstić information content (AvgIpc) is 2.25.